The molecule has 2 aliphatic rings. The summed E-state index contributed by atoms with van der Waals surface area (Å²) >= 11 is 0. The molecule has 2 aromatic carbocycles. The number of methoxy groups -OCH3 is 2. The molecule has 3 aromatic rings. The van der Waals surface area contributed by atoms with E-state index in [0.717, 1.165) is 50.9 Å². The highest BCUT2D eigenvalue weighted by Crippen LogP contribution is 2.36. The first-order valence-corrected chi connectivity index (χ1v) is 16.3. The summed E-state index contributed by atoms with van der Waals surface area (Å²) in [6, 6.07) is 11.8. The lowest BCUT2D eigenvalue weighted by Gasteiger charge is -2.31. The molecule has 1 saturated carbocycles. The van der Waals surface area contributed by atoms with Gasteiger partial charge in [0, 0.05) is 32.8 Å². The second-order valence-electron chi connectivity index (χ2n) is 11.6. The summed E-state index contributed by atoms with van der Waals surface area (Å²) in [5.41, 5.74) is 3.76. The van der Waals surface area contributed by atoms with Crippen molar-refractivity contribution in [2.75, 3.05) is 33.9 Å². The number of carbonyl (C=O) groups is 1. The lowest BCUT2D eigenvalue weighted by Crippen LogP contribution is -2.38. The number of aromatic nitrogens is 1. The van der Waals surface area contributed by atoms with Crippen molar-refractivity contribution in [2.24, 2.45) is 0 Å². The molecule has 1 aromatic heterocycles. The number of hydrogen-bond acceptors (Lipinski definition) is 8. The van der Waals surface area contributed by atoms with Gasteiger partial charge in [-0.1, -0.05) is 24.3 Å². The summed E-state index contributed by atoms with van der Waals surface area (Å²) < 4.78 is 45.3. The molecule has 2 heterocycles. The molecular formula is C32H42N4O6S. The highest BCUT2D eigenvalue weighted by molar-refractivity contribution is 7.89. The number of aryl methyl sites for hydroxylation is 2. The smallest absolute Gasteiger partial charge is 0.273 e. The third-order valence-electron chi connectivity index (χ3n) is 8.19. The first-order chi connectivity index (χ1) is 20.7. The van der Waals surface area contributed by atoms with Crippen molar-refractivity contribution >= 4 is 15.9 Å². The highest BCUT2D eigenvalue weighted by atomic mass is 32.2. The summed E-state index contributed by atoms with van der Waals surface area (Å²) in [6.07, 6.45) is 6.11. The molecule has 1 aliphatic carbocycles. The number of ether oxygens (including phenoxy) is 2. The summed E-state index contributed by atoms with van der Waals surface area (Å²) in [4.78, 5) is 19.8. The van der Waals surface area contributed by atoms with Crippen molar-refractivity contribution in [1.82, 2.24) is 19.5 Å². The van der Waals surface area contributed by atoms with Crippen molar-refractivity contribution in [3.05, 3.63) is 76.5 Å². The number of benzene rings is 2. The normalized spacial score (nSPS) is 17.7. The number of sulfonamides is 1. The maximum atomic E-state index is 13.8. The van der Waals surface area contributed by atoms with Gasteiger partial charge in [-0.25, -0.2) is 13.4 Å². The summed E-state index contributed by atoms with van der Waals surface area (Å²) in [7, 11) is -0.485. The van der Waals surface area contributed by atoms with Crippen LogP contribution in [0.2, 0.25) is 0 Å². The second-order valence-corrected chi connectivity index (χ2v) is 13.4. The van der Waals surface area contributed by atoms with Crippen LogP contribution >= 0.6 is 0 Å². The molecule has 2 fully saturated rings. The number of oxazole rings is 1. The molecule has 1 aliphatic heterocycles. The van der Waals surface area contributed by atoms with Crippen LogP contribution in [0.15, 0.2) is 52.0 Å². The molecule has 43 heavy (non-hydrogen) atoms. The Morgan fingerprint density at radius 1 is 1.09 bits per heavy atom. The quantitative estimate of drug-likeness (QED) is 0.306. The Kier molecular flexibility index (Phi) is 9.85. The highest BCUT2D eigenvalue weighted by Gasteiger charge is 2.40. The fraction of sp³-hybridized carbons (Fsp3) is 0.500. The van der Waals surface area contributed by atoms with E-state index in [0.29, 0.717) is 35.9 Å². The van der Waals surface area contributed by atoms with Gasteiger partial charge in [0.25, 0.3) is 5.91 Å². The number of carbonyl (C=O) groups excluding carboxylic acids is 1. The van der Waals surface area contributed by atoms with Crippen LogP contribution in [0.4, 0.5) is 0 Å². The van der Waals surface area contributed by atoms with Crippen LogP contribution in [0.25, 0.3) is 0 Å². The molecule has 1 amide bonds. The molecule has 1 atom stereocenters. The van der Waals surface area contributed by atoms with Crippen molar-refractivity contribution in [2.45, 2.75) is 76.1 Å². The lowest BCUT2D eigenvalue weighted by molar-refractivity contribution is 0.0285. The van der Waals surface area contributed by atoms with Crippen LogP contribution in [0.1, 0.15) is 64.3 Å². The molecule has 232 valence electrons. The Bertz CT molecular complexity index is 1490. The Morgan fingerprint density at radius 2 is 1.79 bits per heavy atom. The minimum atomic E-state index is -3.82. The molecule has 0 radical (unpaired) electrons. The molecular weight excluding hydrogens is 568 g/mol. The Balaban J connectivity index is 1.15. The number of amides is 1. The number of piperidine rings is 1. The van der Waals surface area contributed by atoms with Crippen molar-refractivity contribution in [1.29, 1.82) is 0 Å². The SMILES string of the molecule is COc1cc(C)c(S(=O)(=O)N(Cc2nc(C(=O)NCCc3ccc(CN4CCCC(OC)C4)cc3)co2)C2CC2)c(C)c1. The monoisotopic (exact) mass is 610 g/mol. The van der Waals surface area contributed by atoms with Crippen LogP contribution in [-0.4, -0.2) is 74.5 Å². The van der Waals surface area contributed by atoms with Gasteiger partial charge >= 0.3 is 0 Å². The van der Waals surface area contributed by atoms with E-state index in [2.05, 4.69) is 39.5 Å². The Hall–Kier alpha value is -3.25. The Morgan fingerprint density at radius 3 is 2.44 bits per heavy atom. The van der Waals surface area contributed by atoms with Gasteiger partial charge in [0.15, 0.2) is 5.69 Å². The van der Waals surface area contributed by atoms with Crippen LogP contribution < -0.4 is 10.1 Å². The third kappa shape index (κ3) is 7.64. The van der Waals surface area contributed by atoms with E-state index in [9.17, 15) is 13.2 Å². The predicted octanol–water partition coefficient (Wildman–Crippen LogP) is 4.24. The number of likely N-dealkylation sites (tertiary alicyclic amines) is 1. The number of rotatable bonds is 13. The van der Waals surface area contributed by atoms with Gasteiger partial charge in [-0.2, -0.15) is 4.31 Å². The molecule has 5 rings (SSSR count). The number of nitrogens with zero attached hydrogens (tertiary/aromatic N) is 3. The average molecular weight is 611 g/mol. The number of hydrogen-bond donors (Lipinski definition) is 1. The van der Waals surface area contributed by atoms with Gasteiger partial charge in [0.2, 0.25) is 15.9 Å². The van der Waals surface area contributed by atoms with Gasteiger partial charge in [0.05, 0.1) is 24.7 Å². The molecule has 0 spiro atoms. The van der Waals surface area contributed by atoms with Crippen molar-refractivity contribution < 1.29 is 27.1 Å². The van der Waals surface area contributed by atoms with Gasteiger partial charge in [-0.15, -0.1) is 0 Å². The topological polar surface area (TPSA) is 114 Å². The van der Waals surface area contributed by atoms with Gasteiger partial charge in [-0.05, 0) is 86.9 Å². The average Bonchev–Trinajstić information content (AvgIpc) is 3.72. The van der Waals surface area contributed by atoms with Crippen LogP contribution in [0, 0.1) is 13.8 Å². The van der Waals surface area contributed by atoms with E-state index in [-0.39, 0.29) is 35.0 Å². The van der Waals surface area contributed by atoms with Crippen LogP contribution in [0.5, 0.6) is 5.75 Å². The molecule has 10 nitrogen and oxygen atoms in total. The van der Waals surface area contributed by atoms with E-state index < -0.39 is 10.0 Å². The lowest BCUT2D eigenvalue weighted by atomic mass is 10.1. The first kappa shape index (κ1) is 31.2. The van der Waals surface area contributed by atoms with E-state index in [1.54, 1.807) is 40.2 Å². The van der Waals surface area contributed by atoms with E-state index in [1.165, 1.54) is 16.1 Å². The van der Waals surface area contributed by atoms with E-state index in [4.69, 9.17) is 13.9 Å². The standard InChI is InChI=1S/C32H42N4O6S/c1-22-16-28(41-4)17-23(2)31(22)43(38,39)36(26-11-12-26)20-30-34-29(21-42-30)32(37)33-14-13-24-7-9-25(10-8-24)18-35-15-5-6-27(19-35)40-3/h7-10,16-17,21,26-27H,5-6,11-15,18-20H2,1-4H3,(H,33,37). The summed E-state index contributed by atoms with van der Waals surface area (Å²) in [5, 5.41) is 2.90. The van der Waals surface area contributed by atoms with Gasteiger partial charge < -0.3 is 19.2 Å². The Labute approximate surface area is 254 Å². The first-order valence-electron chi connectivity index (χ1n) is 14.9. The van der Waals surface area contributed by atoms with Crippen LogP contribution in [0.3, 0.4) is 0 Å². The second kappa shape index (κ2) is 13.6. The molecule has 0 bridgehead atoms. The van der Waals surface area contributed by atoms with E-state index in [1.807, 2.05) is 0 Å². The molecule has 11 heteroatoms. The molecule has 1 N–H and O–H groups in total. The van der Waals surface area contributed by atoms with Crippen LogP contribution in [-0.2, 0) is 34.3 Å². The van der Waals surface area contributed by atoms with Gasteiger partial charge in [0.1, 0.15) is 12.0 Å². The van der Waals surface area contributed by atoms with Crippen molar-refractivity contribution in [3.63, 3.8) is 0 Å². The molecule has 1 unspecified atom stereocenters. The molecule has 1 saturated heterocycles. The fourth-order valence-corrected chi connectivity index (χ4v) is 7.83. The summed E-state index contributed by atoms with van der Waals surface area (Å²) in [5.74, 6) is 0.443. The largest absolute Gasteiger partial charge is 0.497 e. The minimum Gasteiger partial charge on any atom is -0.497 e. The maximum Gasteiger partial charge on any atom is 0.273 e. The summed E-state index contributed by atoms with van der Waals surface area (Å²) in [6.45, 7) is 6.90. The third-order valence-corrected chi connectivity index (χ3v) is 10.4. The predicted molar refractivity (Wildman–Crippen MR) is 163 cm³/mol. The zero-order chi connectivity index (χ0) is 30.6. The number of nitrogens with one attached hydrogen (secondary N) is 1. The minimum absolute atomic E-state index is 0.0406. The zero-order valence-corrected chi connectivity index (χ0v) is 26.3. The van der Waals surface area contributed by atoms with Gasteiger partial charge in [-0.3, -0.25) is 9.69 Å². The van der Waals surface area contributed by atoms with E-state index >= 15 is 0 Å². The fourth-order valence-electron chi connectivity index (χ4n) is 5.78. The maximum absolute atomic E-state index is 13.8. The van der Waals surface area contributed by atoms with Crippen molar-refractivity contribution in [3.8, 4) is 5.75 Å². The zero-order valence-electron chi connectivity index (χ0n) is 25.5.